The molecule has 1 heteroatoms. The second-order valence-corrected chi connectivity index (χ2v) is 3.31. The Morgan fingerprint density at radius 3 is 2.54 bits per heavy atom. The van der Waals surface area contributed by atoms with Gasteiger partial charge in [-0.15, -0.1) is 9.24 Å². The molecule has 0 radical (unpaired) electrons. The highest BCUT2D eigenvalue weighted by molar-refractivity contribution is 7.23. The Balaban J connectivity index is 2.69. The lowest BCUT2D eigenvalue weighted by molar-refractivity contribution is 1.66. The molecule has 66 valence electrons. The van der Waals surface area contributed by atoms with E-state index in [1.807, 2.05) is 30.4 Å². The highest BCUT2D eigenvalue weighted by atomic mass is 31.0. The molecule has 0 fully saturated rings. The lowest BCUT2D eigenvalue weighted by Crippen LogP contribution is -1.68. The van der Waals surface area contributed by atoms with E-state index >= 15 is 0 Å². The van der Waals surface area contributed by atoms with Gasteiger partial charge in [0, 0.05) is 0 Å². The predicted molar refractivity (Wildman–Crippen MR) is 63.5 cm³/mol. The van der Waals surface area contributed by atoms with Gasteiger partial charge in [-0.05, 0) is 10.9 Å². The summed E-state index contributed by atoms with van der Waals surface area (Å²) in [5.41, 5.74) is 1.21. The molecule has 0 aliphatic carbocycles. The van der Waals surface area contributed by atoms with Gasteiger partial charge in [-0.25, -0.2) is 0 Å². The normalized spacial score (nSPS) is 11.9. The standard InChI is InChI=1S/C12H13P/c1-2-6-12(13)10-9-11-7-4-3-5-8-11/h2-10H,1,13H2/b10-9-,12-6+. The second-order valence-electron chi connectivity index (χ2n) is 2.65. The third-order valence-electron chi connectivity index (χ3n) is 1.58. The maximum atomic E-state index is 3.63. The summed E-state index contributed by atoms with van der Waals surface area (Å²) in [4.78, 5) is 0. The van der Waals surface area contributed by atoms with Gasteiger partial charge in [0.25, 0.3) is 0 Å². The summed E-state index contributed by atoms with van der Waals surface area (Å²) < 4.78 is 0. The fourth-order valence-corrected chi connectivity index (χ4v) is 1.18. The van der Waals surface area contributed by atoms with E-state index in [1.165, 1.54) is 5.56 Å². The largest absolute Gasteiger partial charge is 0.106 e. The van der Waals surface area contributed by atoms with Crippen LogP contribution in [-0.4, -0.2) is 0 Å². The number of allylic oxidation sites excluding steroid dienone is 4. The molecule has 0 amide bonds. The zero-order chi connectivity index (χ0) is 9.52. The molecular weight excluding hydrogens is 175 g/mol. The molecule has 0 saturated heterocycles. The number of rotatable bonds is 3. The fourth-order valence-electron chi connectivity index (χ4n) is 0.948. The minimum atomic E-state index is 1.12. The van der Waals surface area contributed by atoms with Crippen LogP contribution in [0.25, 0.3) is 6.08 Å². The maximum Gasteiger partial charge on any atom is -0.0256 e. The number of hydrogen-bond donors (Lipinski definition) is 0. The highest BCUT2D eigenvalue weighted by Gasteiger charge is 1.82. The zero-order valence-corrected chi connectivity index (χ0v) is 8.64. The van der Waals surface area contributed by atoms with Crippen LogP contribution in [0, 0.1) is 0 Å². The van der Waals surface area contributed by atoms with E-state index in [2.05, 4.69) is 34.0 Å². The molecule has 0 saturated carbocycles. The van der Waals surface area contributed by atoms with Crippen LogP contribution < -0.4 is 0 Å². The molecule has 1 aromatic carbocycles. The molecule has 0 nitrogen and oxygen atoms in total. The molecule has 0 aromatic heterocycles. The van der Waals surface area contributed by atoms with Crippen LogP contribution in [0.15, 0.2) is 60.5 Å². The molecule has 1 atom stereocenters. The van der Waals surface area contributed by atoms with Crippen LogP contribution in [0.2, 0.25) is 0 Å². The average molecular weight is 188 g/mol. The van der Waals surface area contributed by atoms with E-state index in [0.717, 1.165) is 5.31 Å². The Morgan fingerprint density at radius 2 is 1.92 bits per heavy atom. The molecule has 0 bridgehead atoms. The van der Waals surface area contributed by atoms with Crippen molar-refractivity contribution in [3.8, 4) is 0 Å². The molecule has 0 aliphatic rings. The molecule has 0 aliphatic heterocycles. The minimum absolute atomic E-state index is 1.12. The highest BCUT2D eigenvalue weighted by Crippen LogP contribution is 2.10. The lowest BCUT2D eigenvalue weighted by Gasteiger charge is -1.91. The van der Waals surface area contributed by atoms with Gasteiger partial charge in [-0.1, -0.05) is 61.2 Å². The van der Waals surface area contributed by atoms with Crippen molar-refractivity contribution in [3.63, 3.8) is 0 Å². The van der Waals surface area contributed by atoms with Crippen molar-refractivity contribution in [1.82, 2.24) is 0 Å². The number of hydrogen-bond acceptors (Lipinski definition) is 0. The molecule has 0 heterocycles. The summed E-state index contributed by atoms with van der Waals surface area (Å²) in [7, 11) is 2.65. The van der Waals surface area contributed by atoms with Crippen LogP contribution in [-0.2, 0) is 0 Å². The molecule has 0 N–H and O–H groups in total. The van der Waals surface area contributed by atoms with E-state index < -0.39 is 0 Å². The van der Waals surface area contributed by atoms with Gasteiger partial charge in [-0.2, -0.15) is 0 Å². The summed E-state index contributed by atoms with van der Waals surface area (Å²) in [6, 6.07) is 10.2. The van der Waals surface area contributed by atoms with Crippen molar-refractivity contribution >= 4 is 15.3 Å². The van der Waals surface area contributed by atoms with E-state index in [1.54, 1.807) is 6.08 Å². The van der Waals surface area contributed by atoms with Gasteiger partial charge < -0.3 is 0 Å². The van der Waals surface area contributed by atoms with Gasteiger partial charge >= 0.3 is 0 Å². The summed E-state index contributed by atoms with van der Waals surface area (Å²) in [6.45, 7) is 3.63. The monoisotopic (exact) mass is 188 g/mol. The zero-order valence-electron chi connectivity index (χ0n) is 7.48. The second kappa shape index (κ2) is 5.50. The third kappa shape index (κ3) is 3.87. The SMILES string of the molecule is C=C/C=C(P)\C=C/c1ccccc1. The first kappa shape index (κ1) is 9.95. The Bertz CT molecular complexity index is 320. The van der Waals surface area contributed by atoms with Crippen molar-refractivity contribution in [1.29, 1.82) is 0 Å². The Hall–Kier alpha value is -1.13. The summed E-state index contributed by atoms with van der Waals surface area (Å²) in [5.74, 6) is 0. The molecule has 13 heavy (non-hydrogen) atoms. The minimum Gasteiger partial charge on any atom is -0.106 e. The quantitative estimate of drug-likeness (QED) is 0.501. The van der Waals surface area contributed by atoms with Crippen LogP contribution in [0.3, 0.4) is 0 Å². The fraction of sp³-hybridized carbons (Fsp3) is 0. The van der Waals surface area contributed by atoms with Gasteiger partial charge in [0.2, 0.25) is 0 Å². The average Bonchev–Trinajstić information content (AvgIpc) is 2.17. The van der Waals surface area contributed by atoms with Crippen LogP contribution in [0.1, 0.15) is 5.56 Å². The smallest absolute Gasteiger partial charge is 0.0256 e. The number of benzene rings is 1. The molecule has 1 aromatic rings. The summed E-state index contributed by atoms with van der Waals surface area (Å²) >= 11 is 0. The topological polar surface area (TPSA) is 0 Å². The summed E-state index contributed by atoms with van der Waals surface area (Å²) in [5, 5.41) is 1.12. The van der Waals surface area contributed by atoms with Crippen LogP contribution >= 0.6 is 9.24 Å². The first-order valence-electron chi connectivity index (χ1n) is 4.14. The van der Waals surface area contributed by atoms with Gasteiger partial charge in [0.15, 0.2) is 0 Å². The molecule has 1 unspecified atom stereocenters. The van der Waals surface area contributed by atoms with E-state index in [4.69, 9.17) is 0 Å². The van der Waals surface area contributed by atoms with Gasteiger partial charge in [0.1, 0.15) is 0 Å². The Morgan fingerprint density at radius 1 is 1.23 bits per heavy atom. The summed E-state index contributed by atoms with van der Waals surface area (Å²) in [6.07, 6.45) is 7.84. The van der Waals surface area contributed by atoms with Crippen molar-refractivity contribution in [3.05, 3.63) is 66.0 Å². The third-order valence-corrected chi connectivity index (χ3v) is 1.96. The maximum absolute atomic E-state index is 3.63. The van der Waals surface area contributed by atoms with Crippen molar-refractivity contribution in [2.75, 3.05) is 0 Å². The van der Waals surface area contributed by atoms with Crippen molar-refractivity contribution in [2.45, 2.75) is 0 Å². The van der Waals surface area contributed by atoms with E-state index in [0.29, 0.717) is 0 Å². The van der Waals surface area contributed by atoms with Crippen LogP contribution in [0.4, 0.5) is 0 Å². The van der Waals surface area contributed by atoms with E-state index in [-0.39, 0.29) is 0 Å². The first-order chi connectivity index (χ1) is 6.33. The Kier molecular flexibility index (Phi) is 4.21. The van der Waals surface area contributed by atoms with Crippen molar-refractivity contribution in [2.24, 2.45) is 0 Å². The molecule has 0 spiro atoms. The lowest BCUT2D eigenvalue weighted by atomic mass is 10.2. The van der Waals surface area contributed by atoms with Gasteiger partial charge in [0.05, 0.1) is 0 Å². The van der Waals surface area contributed by atoms with Crippen LogP contribution in [0.5, 0.6) is 0 Å². The first-order valence-corrected chi connectivity index (χ1v) is 4.72. The van der Waals surface area contributed by atoms with Gasteiger partial charge in [-0.3, -0.25) is 0 Å². The predicted octanol–water partition coefficient (Wildman–Crippen LogP) is 3.64. The van der Waals surface area contributed by atoms with Crippen molar-refractivity contribution < 1.29 is 0 Å². The Labute approximate surface area is 81.9 Å². The molecular formula is C12H13P. The molecule has 1 rings (SSSR count). The van der Waals surface area contributed by atoms with E-state index in [9.17, 15) is 0 Å².